The second-order valence-electron chi connectivity index (χ2n) is 8.34. The highest BCUT2D eigenvalue weighted by Gasteiger charge is 2.49. The van der Waals surface area contributed by atoms with Crippen molar-refractivity contribution >= 4 is 23.5 Å². The van der Waals surface area contributed by atoms with Gasteiger partial charge in [-0.3, -0.25) is 14.4 Å². The van der Waals surface area contributed by atoms with Gasteiger partial charge in [-0.05, 0) is 43.2 Å². The van der Waals surface area contributed by atoms with Crippen LogP contribution in [-0.2, 0) is 14.4 Å². The molecule has 10 heteroatoms. The van der Waals surface area contributed by atoms with Gasteiger partial charge in [0.05, 0.1) is 0 Å². The average Bonchev–Trinajstić information content (AvgIpc) is 3.24. The summed E-state index contributed by atoms with van der Waals surface area (Å²) in [6, 6.07) is 11.0. The maximum atomic E-state index is 13.6. The Labute approximate surface area is 194 Å². The summed E-state index contributed by atoms with van der Waals surface area (Å²) in [5, 5.41) is 1.09. The van der Waals surface area contributed by atoms with Gasteiger partial charge in [0, 0.05) is 42.6 Å². The SMILES string of the molecule is CC(=O)ON(C(C)=O)C1c2ccccc2N(C(=O)c2ccc(OC(F)(F)F)cc2)C2CCCC12. The summed E-state index contributed by atoms with van der Waals surface area (Å²) in [7, 11) is 0. The largest absolute Gasteiger partial charge is 0.573 e. The number of rotatable bonds is 3. The van der Waals surface area contributed by atoms with Crippen LogP contribution in [0.3, 0.4) is 0 Å². The Bertz CT molecular complexity index is 1100. The number of amides is 2. The molecule has 1 heterocycles. The highest BCUT2D eigenvalue weighted by atomic mass is 19.4. The van der Waals surface area contributed by atoms with Gasteiger partial charge in [-0.15, -0.1) is 13.2 Å². The first-order valence-corrected chi connectivity index (χ1v) is 10.8. The van der Waals surface area contributed by atoms with E-state index in [1.807, 2.05) is 0 Å². The minimum Gasteiger partial charge on any atom is -0.406 e. The molecular formula is C24H23F3N2O5. The predicted octanol–water partition coefficient (Wildman–Crippen LogP) is 4.78. The molecule has 0 spiro atoms. The minimum atomic E-state index is -4.83. The summed E-state index contributed by atoms with van der Waals surface area (Å²) in [6.45, 7) is 2.54. The second kappa shape index (κ2) is 9.00. The number of hydrogen-bond acceptors (Lipinski definition) is 5. The lowest BCUT2D eigenvalue weighted by molar-refractivity contribution is -0.274. The third-order valence-corrected chi connectivity index (χ3v) is 6.13. The molecule has 3 atom stereocenters. The Morgan fingerprint density at radius 2 is 1.68 bits per heavy atom. The Kier molecular flexibility index (Phi) is 6.24. The third-order valence-electron chi connectivity index (χ3n) is 6.13. The molecule has 1 saturated carbocycles. The van der Waals surface area contributed by atoms with Crippen LogP contribution < -0.4 is 9.64 Å². The van der Waals surface area contributed by atoms with Gasteiger partial charge >= 0.3 is 12.3 Å². The van der Waals surface area contributed by atoms with E-state index in [2.05, 4.69) is 4.74 Å². The van der Waals surface area contributed by atoms with E-state index in [1.165, 1.54) is 26.0 Å². The van der Waals surface area contributed by atoms with Gasteiger partial charge in [0.2, 0.25) is 0 Å². The predicted molar refractivity (Wildman–Crippen MR) is 115 cm³/mol. The van der Waals surface area contributed by atoms with Crippen LogP contribution in [0.25, 0.3) is 0 Å². The van der Waals surface area contributed by atoms with Crippen molar-refractivity contribution in [3.8, 4) is 5.75 Å². The van der Waals surface area contributed by atoms with E-state index in [4.69, 9.17) is 4.84 Å². The number of para-hydroxylation sites is 1. The molecule has 0 N–H and O–H groups in total. The fourth-order valence-electron chi connectivity index (χ4n) is 4.98. The zero-order valence-electron chi connectivity index (χ0n) is 18.5. The number of halogens is 3. The Morgan fingerprint density at radius 1 is 1.00 bits per heavy atom. The van der Waals surface area contributed by atoms with Gasteiger partial charge in [-0.25, -0.2) is 0 Å². The molecule has 1 aliphatic carbocycles. The van der Waals surface area contributed by atoms with Crippen LogP contribution >= 0.6 is 0 Å². The Balaban J connectivity index is 1.73. The maximum absolute atomic E-state index is 13.6. The number of carbonyl (C=O) groups excluding carboxylic acids is 3. The van der Waals surface area contributed by atoms with E-state index < -0.39 is 30.0 Å². The molecule has 2 aliphatic rings. The van der Waals surface area contributed by atoms with Crippen LogP contribution in [0.5, 0.6) is 5.75 Å². The van der Waals surface area contributed by atoms with E-state index in [-0.39, 0.29) is 23.4 Å². The number of alkyl halides is 3. The maximum Gasteiger partial charge on any atom is 0.573 e. The highest BCUT2D eigenvalue weighted by Crippen LogP contribution is 2.50. The normalized spacial score (nSPS) is 21.3. The van der Waals surface area contributed by atoms with E-state index in [9.17, 15) is 27.6 Å². The molecule has 0 radical (unpaired) electrons. The first-order chi connectivity index (χ1) is 16.1. The van der Waals surface area contributed by atoms with Gasteiger partial charge in [0.25, 0.3) is 11.8 Å². The summed E-state index contributed by atoms with van der Waals surface area (Å²) >= 11 is 0. The molecule has 1 aliphatic heterocycles. The van der Waals surface area contributed by atoms with Crippen LogP contribution in [0.2, 0.25) is 0 Å². The number of carbonyl (C=O) groups is 3. The average molecular weight is 476 g/mol. The number of anilines is 1. The summed E-state index contributed by atoms with van der Waals surface area (Å²) in [5.74, 6) is -2.03. The third kappa shape index (κ3) is 4.57. The van der Waals surface area contributed by atoms with Crippen molar-refractivity contribution in [2.45, 2.75) is 51.6 Å². The molecule has 2 aromatic carbocycles. The number of hydrogen-bond donors (Lipinski definition) is 0. The van der Waals surface area contributed by atoms with Crippen molar-refractivity contribution in [3.05, 3.63) is 59.7 Å². The van der Waals surface area contributed by atoms with Crippen molar-refractivity contribution in [2.75, 3.05) is 4.90 Å². The molecule has 34 heavy (non-hydrogen) atoms. The van der Waals surface area contributed by atoms with Crippen LogP contribution in [0, 0.1) is 5.92 Å². The molecule has 2 aromatic rings. The fraction of sp³-hybridized carbons (Fsp3) is 0.375. The van der Waals surface area contributed by atoms with Gasteiger partial charge in [-0.2, -0.15) is 5.06 Å². The first kappa shape index (κ1) is 23.6. The highest BCUT2D eigenvalue weighted by molar-refractivity contribution is 6.07. The number of fused-ring (bicyclic) bond motifs is 2. The topological polar surface area (TPSA) is 76.2 Å². The summed E-state index contributed by atoms with van der Waals surface area (Å²) in [5.41, 5.74) is 1.43. The lowest BCUT2D eigenvalue weighted by Crippen LogP contribution is -2.52. The first-order valence-electron chi connectivity index (χ1n) is 10.8. The molecule has 7 nitrogen and oxygen atoms in total. The van der Waals surface area contributed by atoms with Crippen LogP contribution in [0.1, 0.15) is 55.1 Å². The van der Waals surface area contributed by atoms with Crippen molar-refractivity contribution in [1.82, 2.24) is 5.06 Å². The molecule has 4 rings (SSSR count). The van der Waals surface area contributed by atoms with E-state index in [1.54, 1.807) is 29.2 Å². The molecule has 3 unspecified atom stereocenters. The molecular weight excluding hydrogens is 453 g/mol. The molecule has 180 valence electrons. The van der Waals surface area contributed by atoms with Crippen molar-refractivity contribution in [2.24, 2.45) is 5.92 Å². The fourth-order valence-corrected chi connectivity index (χ4v) is 4.98. The molecule has 0 aromatic heterocycles. The molecule has 0 saturated heterocycles. The van der Waals surface area contributed by atoms with Gasteiger partial charge in [-0.1, -0.05) is 24.6 Å². The smallest absolute Gasteiger partial charge is 0.406 e. The second-order valence-corrected chi connectivity index (χ2v) is 8.34. The van der Waals surface area contributed by atoms with Gasteiger partial charge in [0.1, 0.15) is 11.8 Å². The van der Waals surface area contributed by atoms with Gasteiger partial charge < -0.3 is 14.5 Å². The van der Waals surface area contributed by atoms with Crippen LogP contribution in [0.4, 0.5) is 18.9 Å². The Morgan fingerprint density at radius 3 is 2.29 bits per heavy atom. The van der Waals surface area contributed by atoms with Crippen LogP contribution in [0.15, 0.2) is 48.5 Å². The van der Waals surface area contributed by atoms with E-state index in [0.717, 1.165) is 23.6 Å². The number of nitrogens with zero attached hydrogens (tertiary/aromatic N) is 2. The molecule has 2 amide bonds. The summed E-state index contributed by atoms with van der Waals surface area (Å²) in [6.07, 6.45) is -2.65. The monoisotopic (exact) mass is 476 g/mol. The quantitative estimate of drug-likeness (QED) is 0.596. The number of benzene rings is 2. The zero-order chi connectivity index (χ0) is 24.6. The van der Waals surface area contributed by atoms with Gasteiger partial charge in [0.15, 0.2) is 0 Å². The number of hydroxylamine groups is 2. The minimum absolute atomic E-state index is 0.185. The molecule has 0 bridgehead atoms. The summed E-state index contributed by atoms with van der Waals surface area (Å²) < 4.78 is 41.4. The standard InChI is InChI=1S/C24H23F3N2O5/c1-14(30)29(34-15(2)31)22-18-6-3-4-8-20(18)28(21-9-5-7-19(21)22)23(32)16-10-12-17(13-11-16)33-24(25,26)27/h3-4,6,8,10-13,19,21-22H,5,7,9H2,1-2H3. The molecule has 1 fully saturated rings. The lowest BCUT2D eigenvalue weighted by Gasteiger charge is -2.46. The lowest BCUT2D eigenvalue weighted by atomic mass is 9.82. The Hall–Kier alpha value is -3.56. The number of ether oxygens (including phenoxy) is 1. The van der Waals surface area contributed by atoms with E-state index >= 15 is 0 Å². The van der Waals surface area contributed by atoms with E-state index in [0.29, 0.717) is 24.1 Å². The van der Waals surface area contributed by atoms with Crippen LogP contribution in [-0.4, -0.2) is 35.3 Å². The van der Waals surface area contributed by atoms with Crippen molar-refractivity contribution in [1.29, 1.82) is 0 Å². The van der Waals surface area contributed by atoms with Crippen molar-refractivity contribution in [3.63, 3.8) is 0 Å². The van der Waals surface area contributed by atoms with Crippen molar-refractivity contribution < 1.29 is 37.1 Å². The zero-order valence-corrected chi connectivity index (χ0v) is 18.5. The summed E-state index contributed by atoms with van der Waals surface area (Å²) in [4.78, 5) is 44.7.